The van der Waals surface area contributed by atoms with Gasteiger partial charge in [-0.3, -0.25) is 4.79 Å². The van der Waals surface area contributed by atoms with E-state index in [1.54, 1.807) is 6.92 Å². The molecule has 1 N–H and O–H groups in total. The number of alkyl halides is 3. The standard InChI is InChI=1S/C22H25F3N2O3/c1-15(28)27-11-10-20(19(14-27)16-6-4-3-5-7-16)26-13-17-12-18(30-22(23,24)25)8-9-21(17)29-2/h3-9,12,19-20,26H,10-11,13-14H2,1-2H3/t19-,20-/m0/s1. The quantitative estimate of drug-likeness (QED) is 0.762. The van der Waals surface area contributed by atoms with Gasteiger partial charge in [-0.1, -0.05) is 30.3 Å². The number of hydrogen-bond acceptors (Lipinski definition) is 4. The Labute approximate surface area is 173 Å². The molecular formula is C22H25F3N2O3. The molecule has 1 aliphatic rings. The summed E-state index contributed by atoms with van der Waals surface area (Å²) in [5.41, 5.74) is 1.68. The summed E-state index contributed by atoms with van der Waals surface area (Å²) in [5.74, 6) is 0.304. The maximum atomic E-state index is 12.6. The highest BCUT2D eigenvalue weighted by molar-refractivity contribution is 5.73. The van der Waals surface area contributed by atoms with Gasteiger partial charge in [0.15, 0.2) is 0 Å². The van der Waals surface area contributed by atoms with Crippen LogP contribution >= 0.6 is 0 Å². The van der Waals surface area contributed by atoms with E-state index in [1.165, 1.54) is 25.3 Å². The Morgan fingerprint density at radius 3 is 2.57 bits per heavy atom. The Bertz CT molecular complexity index is 858. The zero-order valence-corrected chi connectivity index (χ0v) is 16.9. The molecule has 0 radical (unpaired) electrons. The topological polar surface area (TPSA) is 50.8 Å². The van der Waals surface area contributed by atoms with Crippen molar-refractivity contribution in [1.29, 1.82) is 0 Å². The molecular weight excluding hydrogens is 397 g/mol. The number of ether oxygens (including phenoxy) is 2. The van der Waals surface area contributed by atoms with E-state index in [0.29, 0.717) is 30.9 Å². The number of methoxy groups -OCH3 is 1. The van der Waals surface area contributed by atoms with Gasteiger partial charge in [0.05, 0.1) is 7.11 Å². The third kappa shape index (κ3) is 5.66. The summed E-state index contributed by atoms with van der Waals surface area (Å²) < 4.78 is 47.1. The number of nitrogens with zero attached hydrogens (tertiary/aromatic N) is 1. The van der Waals surface area contributed by atoms with Gasteiger partial charge in [0.25, 0.3) is 0 Å². The third-order valence-corrected chi connectivity index (χ3v) is 5.33. The summed E-state index contributed by atoms with van der Waals surface area (Å²) >= 11 is 0. The van der Waals surface area contributed by atoms with Crippen molar-refractivity contribution in [2.24, 2.45) is 0 Å². The molecule has 2 atom stereocenters. The fraction of sp³-hybridized carbons (Fsp3) is 0.409. The molecule has 1 amide bonds. The molecule has 0 spiro atoms. The lowest BCUT2D eigenvalue weighted by atomic mass is 9.85. The Hall–Kier alpha value is -2.74. The first-order chi connectivity index (χ1) is 14.3. The van der Waals surface area contributed by atoms with Crippen LogP contribution in [0, 0.1) is 0 Å². The Morgan fingerprint density at radius 2 is 1.93 bits per heavy atom. The van der Waals surface area contributed by atoms with Crippen LogP contribution in [0.2, 0.25) is 0 Å². The molecule has 0 unspecified atom stereocenters. The fourth-order valence-electron chi connectivity index (χ4n) is 3.85. The van der Waals surface area contributed by atoms with Crippen LogP contribution in [-0.4, -0.2) is 43.4 Å². The van der Waals surface area contributed by atoms with Crippen molar-refractivity contribution in [1.82, 2.24) is 10.2 Å². The lowest BCUT2D eigenvalue weighted by Gasteiger charge is -2.39. The number of piperidine rings is 1. The van der Waals surface area contributed by atoms with Crippen molar-refractivity contribution in [3.8, 4) is 11.5 Å². The highest BCUT2D eigenvalue weighted by atomic mass is 19.4. The summed E-state index contributed by atoms with van der Waals surface area (Å²) in [7, 11) is 1.47. The molecule has 30 heavy (non-hydrogen) atoms. The molecule has 1 aliphatic heterocycles. The number of hydrogen-bond donors (Lipinski definition) is 1. The lowest BCUT2D eigenvalue weighted by molar-refractivity contribution is -0.274. The van der Waals surface area contributed by atoms with Gasteiger partial charge in [-0.05, 0) is 30.2 Å². The zero-order valence-electron chi connectivity index (χ0n) is 16.9. The minimum Gasteiger partial charge on any atom is -0.496 e. The number of carbonyl (C=O) groups is 1. The molecule has 1 heterocycles. The van der Waals surface area contributed by atoms with E-state index in [2.05, 4.69) is 10.1 Å². The molecule has 8 heteroatoms. The average Bonchev–Trinajstić information content (AvgIpc) is 2.71. The fourth-order valence-corrected chi connectivity index (χ4v) is 3.85. The molecule has 1 saturated heterocycles. The van der Waals surface area contributed by atoms with Crippen molar-refractivity contribution in [2.75, 3.05) is 20.2 Å². The van der Waals surface area contributed by atoms with Crippen LogP contribution in [0.15, 0.2) is 48.5 Å². The highest BCUT2D eigenvalue weighted by Crippen LogP contribution is 2.31. The molecule has 0 bridgehead atoms. The number of carbonyl (C=O) groups excluding carboxylic acids is 1. The molecule has 0 saturated carbocycles. The molecule has 0 aromatic heterocycles. The minimum absolute atomic E-state index is 0.0352. The smallest absolute Gasteiger partial charge is 0.496 e. The van der Waals surface area contributed by atoms with Crippen molar-refractivity contribution < 1.29 is 27.4 Å². The van der Waals surface area contributed by atoms with E-state index in [4.69, 9.17) is 4.74 Å². The normalized spacial score (nSPS) is 19.4. The maximum absolute atomic E-state index is 12.6. The van der Waals surface area contributed by atoms with Crippen LogP contribution in [0.1, 0.15) is 30.4 Å². The largest absolute Gasteiger partial charge is 0.573 e. The summed E-state index contributed by atoms with van der Waals surface area (Å²) in [6, 6.07) is 14.0. The zero-order chi connectivity index (χ0) is 21.7. The predicted molar refractivity (Wildman–Crippen MR) is 106 cm³/mol. The van der Waals surface area contributed by atoms with E-state index >= 15 is 0 Å². The molecule has 3 rings (SSSR count). The van der Waals surface area contributed by atoms with Crippen LogP contribution in [0.5, 0.6) is 11.5 Å². The first kappa shape index (κ1) is 22.0. The van der Waals surface area contributed by atoms with Crippen molar-refractivity contribution in [2.45, 2.75) is 38.2 Å². The lowest BCUT2D eigenvalue weighted by Crippen LogP contribution is -2.49. The second-order valence-electron chi connectivity index (χ2n) is 7.28. The van der Waals surface area contributed by atoms with Gasteiger partial charge >= 0.3 is 6.36 Å². The summed E-state index contributed by atoms with van der Waals surface area (Å²) in [6.07, 6.45) is -4.02. The van der Waals surface area contributed by atoms with Gasteiger partial charge in [0, 0.05) is 44.1 Å². The molecule has 1 fully saturated rings. The number of rotatable bonds is 6. The predicted octanol–water partition coefficient (Wildman–Crippen LogP) is 4.09. The average molecular weight is 422 g/mol. The second-order valence-corrected chi connectivity index (χ2v) is 7.28. The summed E-state index contributed by atoms with van der Waals surface area (Å²) in [6.45, 7) is 3.09. The van der Waals surface area contributed by atoms with Gasteiger partial charge < -0.3 is 19.7 Å². The number of halogens is 3. The molecule has 2 aromatic carbocycles. The minimum atomic E-state index is -4.75. The SMILES string of the molecule is COc1ccc(OC(F)(F)F)cc1CN[C@H]1CCN(C(C)=O)C[C@H]1c1ccccc1. The maximum Gasteiger partial charge on any atom is 0.573 e. The van der Waals surface area contributed by atoms with E-state index in [-0.39, 0.29) is 23.6 Å². The van der Waals surface area contributed by atoms with Crippen LogP contribution in [0.4, 0.5) is 13.2 Å². The number of nitrogens with one attached hydrogen (secondary N) is 1. The van der Waals surface area contributed by atoms with Crippen molar-refractivity contribution in [3.05, 3.63) is 59.7 Å². The summed E-state index contributed by atoms with van der Waals surface area (Å²) in [5, 5.41) is 3.46. The van der Waals surface area contributed by atoms with Crippen molar-refractivity contribution in [3.63, 3.8) is 0 Å². The third-order valence-electron chi connectivity index (χ3n) is 5.33. The van der Waals surface area contributed by atoms with E-state index < -0.39 is 6.36 Å². The first-order valence-electron chi connectivity index (χ1n) is 9.73. The molecule has 162 valence electrons. The summed E-state index contributed by atoms with van der Waals surface area (Å²) in [4.78, 5) is 13.7. The highest BCUT2D eigenvalue weighted by Gasteiger charge is 2.32. The number of benzene rings is 2. The Balaban J connectivity index is 1.77. The van der Waals surface area contributed by atoms with E-state index in [9.17, 15) is 18.0 Å². The monoisotopic (exact) mass is 422 g/mol. The number of likely N-dealkylation sites (tertiary alicyclic amines) is 1. The van der Waals surface area contributed by atoms with E-state index in [0.717, 1.165) is 12.0 Å². The van der Waals surface area contributed by atoms with Gasteiger partial charge in [0.2, 0.25) is 5.91 Å². The molecule has 0 aliphatic carbocycles. The van der Waals surface area contributed by atoms with Crippen molar-refractivity contribution >= 4 is 5.91 Å². The van der Waals surface area contributed by atoms with Gasteiger partial charge in [-0.15, -0.1) is 13.2 Å². The van der Waals surface area contributed by atoms with Crippen LogP contribution in [0.3, 0.4) is 0 Å². The van der Waals surface area contributed by atoms with Gasteiger partial charge in [-0.2, -0.15) is 0 Å². The van der Waals surface area contributed by atoms with Crippen LogP contribution < -0.4 is 14.8 Å². The molecule has 2 aromatic rings. The van der Waals surface area contributed by atoms with E-state index in [1.807, 2.05) is 35.2 Å². The second kappa shape index (κ2) is 9.38. The first-order valence-corrected chi connectivity index (χ1v) is 9.73. The molecule has 5 nitrogen and oxygen atoms in total. The Kier molecular flexibility index (Phi) is 6.87. The number of amides is 1. The Morgan fingerprint density at radius 1 is 1.20 bits per heavy atom. The van der Waals surface area contributed by atoms with Crippen LogP contribution in [-0.2, 0) is 11.3 Å². The van der Waals surface area contributed by atoms with Crippen LogP contribution in [0.25, 0.3) is 0 Å². The van der Waals surface area contributed by atoms with Gasteiger partial charge in [-0.25, -0.2) is 0 Å². The van der Waals surface area contributed by atoms with Gasteiger partial charge in [0.1, 0.15) is 11.5 Å².